The molecule has 9 nitrogen and oxygen atoms in total. The molecule has 144 valence electrons. The van der Waals surface area contributed by atoms with E-state index in [9.17, 15) is 14.7 Å². The summed E-state index contributed by atoms with van der Waals surface area (Å²) in [4.78, 5) is 25.5. The van der Waals surface area contributed by atoms with Crippen LogP contribution in [-0.2, 0) is 16.1 Å². The van der Waals surface area contributed by atoms with Gasteiger partial charge in [-0.05, 0) is 16.8 Å². The Morgan fingerprint density at radius 1 is 1.46 bits per heavy atom. The van der Waals surface area contributed by atoms with E-state index in [1.54, 1.807) is 9.58 Å². The minimum atomic E-state index is -1.01. The molecule has 0 bridgehead atoms. The van der Waals surface area contributed by atoms with Crippen LogP contribution in [0.4, 0.5) is 0 Å². The highest BCUT2D eigenvalue weighted by Gasteiger charge is 2.55. The molecule has 3 atom stereocenters. The normalized spacial score (nSPS) is 27.9. The van der Waals surface area contributed by atoms with Gasteiger partial charge in [0.2, 0.25) is 11.1 Å². The zero-order valence-corrected chi connectivity index (χ0v) is 16.3. The molecular formula is C15H24N6O3S2. The van der Waals surface area contributed by atoms with E-state index in [1.165, 1.54) is 29.9 Å². The van der Waals surface area contributed by atoms with E-state index in [0.29, 0.717) is 16.7 Å². The topological polar surface area (TPSA) is 127 Å². The highest BCUT2D eigenvalue weighted by Crippen LogP contribution is 2.43. The zero-order chi connectivity index (χ0) is 18.7. The lowest BCUT2D eigenvalue weighted by Crippen LogP contribution is -2.72. The van der Waals surface area contributed by atoms with Gasteiger partial charge >= 0.3 is 5.97 Å². The second kappa shape index (κ2) is 8.13. The Bertz CT molecular complexity index is 672. The molecule has 1 aromatic rings. The molecule has 2 saturated heterocycles. The highest BCUT2D eigenvalue weighted by molar-refractivity contribution is 8.00. The lowest BCUT2D eigenvalue weighted by Gasteiger charge is -2.52. The van der Waals surface area contributed by atoms with Crippen LogP contribution in [0.15, 0.2) is 5.16 Å². The molecule has 0 radical (unpaired) electrons. The average Bonchev–Trinajstić information content (AvgIpc) is 3.10. The maximum absolute atomic E-state index is 12.0. The monoisotopic (exact) mass is 400 g/mol. The predicted octanol–water partition coefficient (Wildman–Crippen LogP) is 0.659. The van der Waals surface area contributed by atoms with Gasteiger partial charge in [0.15, 0.2) is 0 Å². The Kier molecular flexibility index (Phi) is 6.08. The number of fused-ring (bicyclic) bond motifs is 1. The fourth-order valence-electron chi connectivity index (χ4n) is 3.14. The number of tetrazole rings is 1. The third-order valence-corrected chi connectivity index (χ3v) is 7.70. The van der Waals surface area contributed by atoms with Crippen LogP contribution in [0.1, 0.15) is 32.6 Å². The van der Waals surface area contributed by atoms with Gasteiger partial charge in [0, 0.05) is 24.6 Å². The van der Waals surface area contributed by atoms with Crippen molar-refractivity contribution >= 4 is 35.4 Å². The van der Waals surface area contributed by atoms with Crippen LogP contribution >= 0.6 is 23.5 Å². The second-order valence-electron chi connectivity index (χ2n) is 6.81. The van der Waals surface area contributed by atoms with Gasteiger partial charge in [-0.2, -0.15) is 0 Å². The molecule has 26 heavy (non-hydrogen) atoms. The summed E-state index contributed by atoms with van der Waals surface area (Å²) in [5, 5.41) is 22.1. The molecule has 3 rings (SSSR count). The van der Waals surface area contributed by atoms with Gasteiger partial charge in [-0.3, -0.25) is 9.59 Å². The number of aromatic nitrogens is 4. The number of nitrogens with zero attached hydrogens (tertiary/aromatic N) is 5. The van der Waals surface area contributed by atoms with Crippen LogP contribution in [0.2, 0.25) is 0 Å². The van der Waals surface area contributed by atoms with Crippen molar-refractivity contribution in [3.05, 3.63) is 0 Å². The summed E-state index contributed by atoms with van der Waals surface area (Å²) in [7, 11) is 0. The first-order chi connectivity index (χ1) is 12.5. The number of hydrogen-bond donors (Lipinski definition) is 2. The molecule has 2 fully saturated rings. The quantitative estimate of drug-likeness (QED) is 0.349. The van der Waals surface area contributed by atoms with E-state index in [0.717, 1.165) is 25.8 Å². The third-order valence-electron chi connectivity index (χ3n) is 4.84. The van der Waals surface area contributed by atoms with Gasteiger partial charge in [0.1, 0.15) is 16.8 Å². The van der Waals surface area contributed by atoms with Gasteiger partial charge < -0.3 is 15.7 Å². The van der Waals surface area contributed by atoms with Crippen LogP contribution in [0.3, 0.4) is 0 Å². The molecule has 0 aliphatic carbocycles. The fraction of sp³-hybridized carbons (Fsp3) is 0.800. The highest BCUT2D eigenvalue weighted by atomic mass is 32.2. The number of thioether (sulfide) groups is 2. The Morgan fingerprint density at radius 2 is 2.27 bits per heavy atom. The molecule has 0 saturated carbocycles. The first kappa shape index (κ1) is 19.4. The van der Waals surface area contributed by atoms with E-state index < -0.39 is 17.4 Å². The Hall–Kier alpha value is -1.33. The van der Waals surface area contributed by atoms with Crippen LogP contribution in [-0.4, -0.2) is 71.6 Å². The van der Waals surface area contributed by atoms with Gasteiger partial charge in [-0.15, -0.1) is 16.9 Å². The number of carbonyl (C=O) groups is 2. The van der Waals surface area contributed by atoms with E-state index in [2.05, 4.69) is 22.4 Å². The summed E-state index contributed by atoms with van der Waals surface area (Å²) in [6.07, 6.45) is 4.45. The lowest BCUT2D eigenvalue weighted by atomic mass is 9.89. The van der Waals surface area contributed by atoms with Crippen LogP contribution in [0.5, 0.6) is 0 Å². The van der Waals surface area contributed by atoms with E-state index >= 15 is 0 Å². The molecular weight excluding hydrogens is 376 g/mol. The van der Waals surface area contributed by atoms with Crippen LogP contribution in [0.25, 0.3) is 0 Å². The maximum atomic E-state index is 12.0. The number of amides is 1. The number of nitrogens with two attached hydrogens (primary N) is 1. The second-order valence-corrected chi connectivity index (χ2v) is 8.86. The van der Waals surface area contributed by atoms with Crippen molar-refractivity contribution in [3.8, 4) is 0 Å². The molecule has 0 spiro atoms. The first-order valence-corrected chi connectivity index (χ1v) is 10.8. The third kappa shape index (κ3) is 3.70. The van der Waals surface area contributed by atoms with Gasteiger partial charge in [0.25, 0.3) is 0 Å². The van der Waals surface area contributed by atoms with E-state index in [1.807, 2.05) is 0 Å². The number of hydrogen-bond acceptors (Lipinski definition) is 8. The molecule has 3 N–H and O–H groups in total. The Labute approximate surface area is 160 Å². The fourth-order valence-corrected chi connectivity index (χ4v) is 5.85. The van der Waals surface area contributed by atoms with E-state index in [4.69, 9.17) is 5.73 Å². The number of carboxylic acid groups (broad SMARTS) is 1. The lowest BCUT2D eigenvalue weighted by molar-refractivity contribution is -0.155. The molecule has 1 amide bonds. The minimum absolute atomic E-state index is 0.0936. The number of aryl methyl sites for hydroxylation is 1. The average molecular weight is 401 g/mol. The van der Waals surface area contributed by atoms with Gasteiger partial charge in [-0.25, -0.2) is 4.68 Å². The van der Waals surface area contributed by atoms with Crippen molar-refractivity contribution in [3.63, 3.8) is 0 Å². The summed E-state index contributed by atoms with van der Waals surface area (Å²) in [5.41, 5.74) is 4.77. The Morgan fingerprint density at radius 3 is 3.00 bits per heavy atom. The van der Waals surface area contributed by atoms with Crippen LogP contribution in [0, 0.1) is 5.41 Å². The molecule has 2 aliphatic heterocycles. The number of unbranched alkanes of at least 4 members (excludes halogenated alkanes) is 3. The molecule has 2 unspecified atom stereocenters. The summed E-state index contributed by atoms with van der Waals surface area (Å²) in [5.74, 6) is -0.323. The van der Waals surface area contributed by atoms with Gasteiger partial charge in [-0.1, -0.05) is 37.9 Å². The van der Waals surface area contributed by atoms with Crippen molar-refractivity contribution in [2.24, 2.45) is 11.1 Å². The predicted molar refractivity (Wildman–Crippen MR) is 98.7 cm³/mol. The number of aliphatic carboxylic acids is 1. The number of rotatable bonds is 9. The number of carbonyl (C=O) groups excluding carboxylic acids is 1. The minimum Gasteiger partial charge on any atom is -0.481 e. The maximum Gasteiger partial charge on any atom is 0.313 e. The standard InChI is InChI=1S/C15H24N6O3S2/c1-2-3-4-5-6-21-14(17-18-19-21)26-9-15(13(23)24)7-20-11(22)10(16)12(20)25-8-15/h10,12H,2-9,16H2,1H3,(H,23,24)/t10?,12-,15?/m1/s1. The summed E-state index contributed by atoms with van der Waals surface area (Å²) < 4.78 is 1.74. The molecule has 1 aromatic heterocycles. The largest absolute Gasteiger partial charge is 0.481 e. The summed E-state index contributed by atoms with van der Waals surface area (Å²) in [6.45, 7) is 3.08. The van der Waals surface area contributed by atoms with Crippen molar-refractivity contribution in [1.82, 2.24) is 25.1 Å². The first-order valence-electron chi connectivity index (χ1n) is 8.78. The van der Waals surface area contributed by atoms with Gasteiger partial charge in [0.05, 0.1) is 0 Å². The smallest absolute Gasteiger partial charge is 0.313 e. The van der Waals surface area contributed by atoms with Crippen LogP contribution < -0.4 is 5.73 Å². The van der Waals surface area contributed by atoms with Crippen molar-refractivity contribution in [2.45, 2.75) is 55.7 Å². The zero-order valence-electron chi connectivity index (χ0n) is 14.7. The molecule has 0 aromatic carbocycles. The number of carboxylic acids is 1. The molecule has 11 heteroatoms. The van der Waals surface area contributed by atoms with Crippen molar-refractivity contribution in [2.75, 3.05) is 18.1 Å². The van der Waals surface area contributed by atoms with E-state index in [-0.39, 0.29) is 17.8 Å². The summed E-state index contributed by atoms with van der Waals surface area (Å²) in [6, 6.07) is -0.505. The molecule has 2 aliphatic rings. The SMILES string of the molecule is CCCCCCn1nnnc1SCC1(C(=O)O)CS[C@@H]2C(N)C(=O)N2C1. The van der Waals surface area contributed by atoms with Crippen molar-refractivity contribution < 1.29 is 14.7 Å². The summed E-state index contributed by atoms with van der Waals surface area (Å²) >= 11 is 2.79. The molecule has 3 heterocycles. The van der Waals surface area contributed by atoms with Crippen molar-refractivity contribution in [1.29, 1.82) is 0 Å². The number of β-lactam (4-membered cyclic amide) rings is 1. The Balaban J connectivity index is 1.61.